The van der Waals surface area contributed by atoms with Crippen LogP contribution in [0.25, 0.3) is 0 Å². The lowest BCUT2D eigenvalue weighted by Gasteiger charge is -2.36. The van der Waals surface area contributed by atoms with Crippen LogP contribution in [0.3, 0.4) is 0 Å². The number of esters is 1. The van der Waals surface area contributed by atoms with Crippen molar-refractivity contribution in [1.29, 1.82) is 0 Å². The third-order valence-corrected chi connectivity index (χ3v) is 4.35. The second-order valence-corrected chi connectivity index (χ2v) is 5.41. The van der Waals surface area contributed by atoms with Crippen LogP contribution in [-0.4, -0.2) is 36.6 Å². The number of rotatable bonds is 2. The molecule has 3 rings (SSSR count). The summed E-state index contributed by atoms with van der Waals surface area (Å²) in [4.78, 5) is 14.4. The number of hydrogen-bond donors (Lipinski definition) is 0. The van der Waals surface area contributed by atoms with Crippen LogP contribution in [0.5, 0.6) is 0 Å². The van der Waals surface area contributed by atoms with E-state index in [-0.39, 0.29) is 24.5 Å². The van der Waals surface area contributed by atoms with Crippen LogP contribution in [0.4, 0.5) is 0 Å². The van der Waals surface area contributed by atoms with Crippen LogP contribution in [-0.2, 0) is 4.74 Å². The summed E-state index contributed by atoms with van der Waals surface area (Å²) in [6.07, 6.45) is 3.60. The molecule has 104 valence electrons. The maximum absolute atomic E-state index is 12.1. The molecule has 1 saturated heterocycles. The van der Waals surface area contributed by atoms with Gasteiger partial charge in [0.25, 0.3) is 0 Å². The van der Waals surface area contributed by atoms with Crippen LogP contribution in [0.1, 0.15) is 29.6 Å². The Bertz CT molecular complexity index is 437. The average Bonchev–Trinajstić information content (AvgIpc) is 2.69. The molecular weight excluding hydrogens is 262 g/mol. The summed E-state index contributed by atoms with van der Waals surface area (Å²) >= 11 is 0. The van der Waals surface area contributed by atoms with Crippen molar-refractivity contribution in [2.24, 2.45) is 5.92 Å². The molecule has 3 nitrogen and oxygen atoms in total. The Kier molecular flexibility index (Phi) is 4.48. The maximum Gasteiger partial charge on any atom is 0.338 e. The lowest BCUT2D eigenvalue weighted by molar-refractivity contribution is -0.0195. The molecule has 1 aromatic rings. The quantitative estimate of drug-likeness (QED) is 0.781. The third-order valence-electron chi connectivity index (χ3n) is 4.35. The van der Waals surface area contributed by atoms with Gasteiger partial charge in [-0.05, 0) is 50.9 Å². The van der Waals surface area contributed by atoms with Crippen molar-refractivity contribution in [2.75, 3.05) is 13.6 Å². The molecule has 19 heavy (non-hydrogen) atoms. The standard InChI is InChI=1S/C15H19NO2.ClH/c1-16-10-9-11-7-8-13(16)14(11)18-15(17)12-5-3-2-4-6-12;/h2-6,11,13-14H,7-10H2,1H3;1H. The van der Waals surface area contributed by atoms with Crippen molar-refractivity contribution in [3.8, 4) is 0 Å². The number of hydrogen-bond acceptors (Lipinski definition) is 3. The number of halogens is 1. The molecule has 3 unspecified atom stereocenters. The van der Waals surface area contributed by atoms with Crippen molar-refractivity contribution >= 4 is 18.4 Å². The van der Waals surface area contributed by atoms with Crippen LogP contribution in [0, 0.1) is 5.92 Å². The largest absolute Gasteiger partial charge is 0.457 e. The molecule has 0 N–H and O–H groups in total. The molecular formula is C15H20ClNO2. The molecule has 0 radical (unpaired) electrons. The number of nitrogens with zero attached hydrogens (tertiary/aromatic N) is 1. The number of carbonyl (C=O) groups is 1. The molecule has 2 bridgehead atoms. The Balaban J connectivity index is 0.00000133. The highest BCUT2D eigenvalue weighted by atomic mass is 35.5. The van der Waals surface area contributed by atoms with E-state index in [1.54, 1.807) is 0 Å². The number of likely N-dealkylation sites (N-methyl/N-ethyl adjacent to an activating group) is 1. The van der Waals surface area contributed by atoms with Gasteiger partial charge < -0.3 is 4.74 Å². The van der Waals surface area contributed by atoms with Crippen LogP contribution in [0.15, 0.2) is 30.3 Å². The average molecular weight is 282 g/mol. The van der Waals surface area contributed by atoms with Gasteiger partial charge in [-0.3, -0.25) is 4.90 Å². The maximum atomic E-state index is 12.1. The minimum Gasteiger partial charge on any atom is -0.457 e. The first-order valence-electron chi connectivity index (χ1n) is 6.72. The lowest BCUT2D eigenvalue weighted by Crippen LogP contribution is -2.47. The van der Waals surface area contributed by atoms with E-state index in [2.05, 4.69) is 11.9 Å². The van der Waals surface area contributed by atoms with Crippen LogP contribution in [0.2, 0.25) is 0 Å². The first kappa shape index (κ1) is 14.4. The lowest BCUT2D eigenvalue weighted by atomic mass is 9.96. The topological polar surface area (TPSA) is 29.5 Å². The van der Waals surface area contributed by atoms with Gasteiger partial charge in [0.15, 0.2) is 0 Å². The fourth-order valence-corrected chi connectivity index (χ4v) is 3.28. The van der Waals surface area contributed by atoms with Crippen molar-refractivity contribution in [1.82, 2.24) is 4.90 Å². The van der Waals surface area contributed by atoms with E-state index in [0.717, 1.165) is 19.4 Å². The number of piperidine rings is 1. The Hall–Kier alpha value is -1.06. The van der Waals surface area contributed by atoms with E-state index in [1.807, 2.05) is 30.3 Å². The SMILES string of the molecule is CN1CCC2CCC1C2OC(=O)c1ccccc1.Cl. The molecule has 1 aliphatic heterocycles. The molecule has 1 aliphatic carbocycles. The van der Waals surface area contributed by atoms with E-state index >= 15 is 0 Å². The number of likely N-dealkylation sites (tertiary alicyclic amines) is 1. The predicted molar refractivity (Wildman–Crippen MR) is 76.7 cm³/mol. The van der Waals surface area contributed by atoms with Crippen molar-refractivity contribution in [3.05, 3.63) is 35.9 Å². The van der Waals surface area contributed by atoms with Gasteiger partial charge in [-0.2, -0.15) is 0 Å². The number of carbonyl (C=O) groups excluding carboxylic acids is 1. The number of benzene rings is 1. The summed E-state index contributed by atoms with van der Waals surface area (Å²) in [6.45, 7) is 1.13. The monoisotopic (exact) mass is 281 g/mol. The third kappa shape index (κ3) is 2.77. The van der Waals surface area contributed by atoms with Gasteiger partial charge in [0.1, 0.15) is 6.10 Å². The Labute approximate surface area is 120 Å². The summed E-state index contributed by atoms with van der Waals surface area (Å²) in [5.74, 6) is 0.395. The Morgan fingerprint density at radius 2 is 1.95 bits per heavy atom. The van der Waals surface area contributed by atoms with Gasteiger partial charge in [0, 0.05) is 6.04 Å². The normalized spacial score (nSPS) is 29.6. The fourth-order valence-electron chi connectivity index (χ4n) is 3.28. The zero-order valence-electron chi connectivity index (χ0n) is 11.1. The second-order valence-electron chi connectivity index (χ2n) is 5.41. The molecule has 2 aliphatic rings. The molecule has 1 heterocycles. The smallest absolute Gasteiger partial charge is 0.338 e. The minimum absolute atomic E-state index is 0. The molecule has 1 saturated carbocycles. The minimum atomic E-state index is -0.173. The predicted octanol–water partition coefficient (Wildman–Crippen LogP) is 2.75. The van der Waals surface area contributed by atoms with Crippen molar-refractivity contribution in [2.45, 2.75) is 31.4 Å². The number of fused-ring (bicyclic) bond motifs is 2. The van der Waals surface area contributed by atoms with E-state index < -0.39 is 0 Å². The summed E-state index contributed by atoms with van der Waals surface area (Å²) in [5, 5.41) is 0. The molecule has 0 spiro atoms. The Morgan fingerprint density at radius 1 is 1.21 bits per heavy atom. The van der Waals surface area contributed by atoms with E-state index in [1.165, 1.54) is 6.42 Å². The highest BCUT2D eigenvalue weighted by Gasteiger charge is 2.44. The molecule has 0 aromatic heterocycles. The molecule has 4 heteroatoms. The summed E-state index contributed by atoms with van der Waals surface area (Å²) in [7, 11) is 2.13. The zero-order valence-corrected chi connectivity index (χ0v) is 11.9. The van der Waals surface area contributed by atoms with E-state index in [0.29, 0.717) is 17.5 Å². The Morgan fingerprint density at radius 3 is 2.68 bits per heavy atom. The molecule has 2 fully saturated rings. The summed E-state index contributed by atoms with van der Waals surface area (Å²) < 4.78 is 5.75. The second kappa shape index (κ2) is 5.93. The van der Waals surface area contributed by atoms with Crippen molar-refractivity contribution in [3.63, 3.8) is 0 Å². The van der Waals surface area contributed by atoms with Gasteiger partial charge in [0.05, 0.1) is 5.56 Å². The van der Waals surface area contributed by atoms with Gasteiger partial charge in [-0.1, -0.05) is 18.2 Å². The molecule has 0 amide bonds. The van der Waals surface area contributed by atoms with Crippen LogP contribution >= 0.6 is 12.4 Å². The highest BCUT2D eigenvalue weighted by Crippen LogP contribution is 2.38. The summed E-state index contributed by atoms with van der Waals surface area (Å²) in [6, 6.07) is 9.72. The first-order chi connectivity index (χ1) is 8.75. The van der Waals surface area contributed by atoms with Gasteiger partial charge in [-0.15, -0.1) is 12.4 Å². The molecule has 1 aromatic carbocycles. The fraction of sp³-hybridized carbons (Fsp3) is 0.533. The van der Waals surface area contributed by atoms with Crippen molar-refractivity contribution < 1.29 is 9.53 Å². The zero-order chi connectivity index (χ0) is 12.5. The van der Waals surface area contributed by atoms with Gasteiger partial charge >= 0.3 is 5.97 Å². The number of ether oxygens (including phenoxy) is 1. The van der Waals surface area contributed by atoms with Gasteiger partial charge in [0.2, 0.25) is 0 Å². The first-order valence-corrected chi connectivity index (χ1v) is 6.72. The van der Waals surface area contributed by atoms with E-state index in [4.69, 9.17) is 4.74 Å². The highest BCUT2D eigenvalue weighted by molar-refractivity contribution is 5.89. The van der Waals surface area contributed by atoms with Gasteiger partial charge in [-0.25, -0.2) is 4.79 Å². The molecule has 3 atom stereocenters. The van der Waals surface area contributed by atoms with E-state index in [9.17, 15) is 4.79 Å². The van der Waals surface area contributed by atoms with Crippen LogP contribution < -0.4 is 0 Å². The summed E-state index contributed by atoms with van der Waals surface area (Å²) in [5.41, 5.74) is 0.658.